The van der Waals surface area contributed by atoms with Crippen LogP contribution in [0.15, 0.2) is 35.3 Å². The molecule has 1 aromatic carbocycles. The van der Waals surface area contributed by atoms with Crippen LogP contribution in [-0.4, -0.2) is 62.7 Å². The number of nitrogens with one attached hydrogen (secondary N) is 2. The summed E-state index contributed by atoms with van der Waals surface area (Å²) in [5.74, 6) is 1.59. The predicted octanol–water partition coefficient (Wildman–Crippen LogP) is 3.80. The van der Waals surface area contributed by atoms with Crippen molar-refractivity contribution in [1.29, 1.82) is 0 Å². The Kier molecular flexibility index (Phi) is 11.8. The fraction of sp³-hybridized carbons (Fsp3) is 0.682. The van der Waals surface area contributed by atoms with E-state index in [0.717, 1.165) is 45.1 Å². The van der Waals surface area contributed by atoms with Crippen LogP contribution in [0.3, 0.4) is 0 Å². The zero-order valence-electron chi connectivity index (χ0n) is 18.3. The van der Waals surface area contributed by atoms with Gasteiger partial charge in [0.25, 0.3) is 0 Å². The van der Waals surface area contributed by atoms with Crippen molar-refractivity contribution in [2.45, 2.75) is 52.6 Å². The van der Waals surface area contributed by atoms with Gasteiger partial charge in [-0.1, -0.05) is 18.2 Å². The second kappa shape index (κ2) is 13.2. The molecule has 1 heterocycles. The van der Waals surface area contributed by atoms with Gasteiger partial charge in [0.2, 0.25) is 0 Å². The number of para-hydroxylation sites is 1. The van der Waals surface area contributed by atoms with Gasteiger partial charge in [0, 0.05) is 57.5 Å². The van der Waals surface area contributed by atoms with Crippen molar-refractivity contribution in [3.8, 4) is 0 Å². The van der Waals surface area contributed by atoms with E-state index in [0.29, 0.717) is 18.0 Å². The smallest absolute Gasteiger partial charge is 0.190 e. The maximum Gasteiger partial charge on any atom is 0.190 e. The molecular weight excluding hydrogens is 461 g/mol. The minimum Gasteiger partial charge on any atom is -0.371 e. The summed E-state index contributed by atoms with van der Waals surface area (Å²) in [4.78, 5) is 9.40. The second-order valence-corrected chi connectivity index (χ2v) is 8.10. The van der Waals surface area contributed by atoms with Gasteiger partial charge in [0.1, 0.15) is 0 Å². The maximum atomic E-state index is 4.38. The van der Waals surface area contributed by atoms with Crippen LogP contribution in [0.5, 0.6) is 0 Å². The third-order valence-electron chi connectivity index (χ3n) is 5.40. The molecule has 0 aromatic heterocycles. The van der Waals surface area contributed by atoms with Crippen LogP contribution in [0, 0.1) is 5.92 Å². The predicted molar refractivity (Wildman–Crippen MR) is 133 cm³/mol. The van der Waals surface area contributed by atoms with E-state index in [1.807, 2.05) is 7.05 Å². The Bertz CT molecular complexity index is 553. The third-order valence-corrected chi connectivity index (χ3v) is 5.40. The number of benzene rings is 1. The number of anilines is 1. The van der Waals surface area contributed by atoms with Gasteiger partial charge in [-0.25, -0.2) is 0 Å². The number of hydrogen-bond donors (Lipinski definition) is 2. The van der Waals surface area contributed by atoms with Gasteiger partial charge in [-0.05, 0) is 58.6 Å². The highest BCUT2D eigenvalue weighted by Crippen LogP contribution is 2.22. The molecule has 1 aliphatic heterocycles. The summed E-state index contributed by atoms with van der Waals surface area (Å²) in [6.45, 7) is 14.4. The number of rotatable bonds is 9. The molecule has 1 saturated heterocycles. The van der Waals surface area contributed by atoms with E-state index in [4.69, 9.17) is 0 Å². The Labute approximate surface area is 189 Å². The monoisotopic (exact) mass is 501 g/mol. The molecule has 0 saturated carbocycles. The number of aliphatic imine (C=N–C) groups is 1. The first kappa shape index (κ1) is 25.0. The lowest BCUT2D eigenvalue weighted by Gasteiger charge is -2.30. The summed E-state index contributed by atoms with van der Waals surface area (Å²) in [6, 6.07) is 11.9. The molecule has 2 rings (SSSR count). The number of hydrogen-bond acceptors (Lipinski definition) is 3. The summed E-state index contributed by atoms with van der Waals surface area (Å²) in [7, 11) is 1.86. The normalized spacial score (nSPS) is 17.4. The average molecular weight is 502 g/mol. The van der Waals surface area contributed by atoms with Gasteiger partial charge in [0.15, 0.2) is 5.96 Å². The quantitative estimate of drug-likeness (QED) is 0.234. The molecule has 0 spiro atoms. The Morgan fingerprint density at radius 3 is 2.43 bits per heavy atom. The van der Waals surface area contributed by atoms with Gasteiger partial charge in [-0.15, -0.1) is 24.0 Å². The lowest BCUT2D eigenvalue weighted by Crippen LogP contribution is -2.42. The van der Waals surface area contributed by atoms with Crippen LogP contribution < -0.4 is 15.5 Å². The van der Waals surface area contributed by atoms with E-state index in [-0.39, 0.29) is 24.0 Å². The van der Waals surface area contributed by atoms with E-state index >= 15 is 0 Å². The third kappa shape index (κ3) is 8.15. The van der Waals surface area contributed by atoms with E-state index in [2.05, 4.69) is 83.5 Å². The molecule has 28 heavy (non-hydrogen) atoms. The summed E-state index contributed by atoms with van der Waals surface area (Å²) in [5.41, 5.74) is 1.34. The molecular formula is C22H40IN5. The average Bonchev–Trinajstić information content (AvgIpc) is 3.13. The highest BCUT2D eigenvalue weighted by Gasteiger charge is 2.22. The summed E-state index contributed by atoms with van der Waals surface area (Å²) in [6.07, 6.45) is 2.36. The lowest BCUT2D eigenvalue weighted by atomic mass is 10.1. The summed E-state index contributed by atoms with van der Waals surface area (Å²) >= 11 is 0. The van der Waals surface area contributed by atoms with Crippen molar-refractivity contribution in [3.63, 3.8) is 0 Å². The van der Waals surface area contributed by atoms with Gasteiger partial charge >= 0.3 is 0 Å². The molecule has 6 heteroatoms. The summed E-state index contributed by atoms with van der Waals surface area (Å²) in [5, 5.41) is 6.98. The zero-order chi connectivity index (χ0) is 19.6. The Hall–Kier alpha value is -1.02. The molecule has 0 radical (unpaired) electrons. The van der Waals surface area contributed by atoms with Gasteiger partial charge in [-0.3, -0.25) is 9.89 Å². The second-order valence-electron chi connectivity index (χ2n) is 8.10. The number of nitrogens with zero attached hydrogens (tertiary/aromatic N) is 3. The first-order valence-electron chi connectivity index (χ1n) is 10.5. The maximum absolute atomic E-state index is 4.38. The van der Waals surface area contributed by atoms with Crippen molar-refractivity contribution in [2.24, 2.45) is 10.9 Å². The molecule has 1 aliphatic rings. The van der Waals surface area contributed by atoms with E-state index < -0.39 is 0 Å². The van der Waals surface area contributed by atoms with Crippen LogP contribution in [0.4, 0.5) is 5.69 Å². The number of guanidine groups is 1. The molecule has 160 valence electrons. The molecule has 0 bridgehead atoms. The first-order valence-corrected chi connectivity index (χ1v) is 10.5. The van der Waals surface area contributed by atoms with Crippen molar-refractivity contribution in [3.05, 3.63) is 30.3 Å². The fourth-order valence-corrected chi connectivity index (χ4v) is 3.92. The number of halogens is 1. The van der Waals surface area contributed by atoms with Gasteiger partial charge < -0.3 is 15.5 Å². The van der Waals surface area contributed by atoms with Crippen LogP contribution in [-0.2, 0) is 0 Å². The summed E-state index contributed by atoms with van der Waals surface area (Å²) < 4.78 is 0. The Balaban J connectivity index is 0.00000392. The molecule has 1 aromatic rings. The molecule has 1 atom stereocenters. The van der Waals surface area contributed by atoms with Crippen molar-refractivity contribution >= 4 is 35.6 Å². The SMILES string of the molecule is CN=C(NCCCN(C(C)C)C(C)C)NCC1CCN(c2ccccc2)C1.I. The van der Waals surface area contributed by atoms with Gasteiger partial charge in [-0.2, -0.15) is 0 Å². The highest BCUT2D eigenvalue weighted by atomic mass is 127. The van der Waals surface area contributed by atoms with Crippen LogP contribution in [0.25, 0.3) is 0 Å². The molecule has 0 aliphatic carbocycles. The zero-order valence-corrected chi connectivity index (χ0v) is 20.6. The van der Waals surface area contributed by atoms with Gasteiger partial charge in [0.05, 0.1) is 0 Å². The molecule has 1 fully saturated rings. The molecule has 5 nitrogen and oxygen atoms in total. The van der Waals surface area contributed by atoms with Crippen LogP contribution >= 0.6 is 24.0 Å². The van der Waals surface area contributed by atoms with Crippen LogP contribution in [0.1, 0.15) is 40.5 Å². The molecule has 0 amide bonds. The largest absolute Gasteiger partial charge is 0.371 e. The molecule has 2 N–H and O–H groups in total. The topological polar surface area (TPSA) is 42.9 Å². The van der Waals surface area contributed by atoms with Crippen molar-refractivity contribution < 1.29 is 0 Å². The fourth-order valence-electron chi connectivity index (χ4n) is 3.92. The van der Waals surface area contributed by atoms with Crippen molar-refractivity contribution in [2.75, 3.05) is 44.7 Å². The van der Waals surface area contributed by atoms with Crippen molar-refractivity contribution in [1.82, 2.24) is 15.5 Å². The highest BCUT2D eigenvalue weighted by molar-refractivity contribution is 14.0. The first-order chi connectivity index (χ1) is 13.0. The van der Waals surface area contributed by atoms with Crippen LogP contribution in [0.2, 0.25) is 0 Å². The van der Waals surface area contributed by atoms with E-state index in [1.54, 1.807) is 0 Å². The Morgan fingerprint density at radius 1 is 1.14 bits per heavy atom. The minimum atomic E-state index is 0. The van der Waals surface area contributed by atoms with E-state index in [1.165, 1.54) is 12.1 Å². The Morgan fingerprint density at radius 2 is 1.82 bits per heavy atom. The molecule has 1 unspecified atom stereocenters. The minimum absolute atomic E-state index is 0. The van der Waals surface area contributed by atoms with E-state index in [9.17, 15) is 0 Å². The standard InChI is InChI=1S/C22H39N5.HI/c1-18(2)27(19(3)4)14-9-13-24-22(23-5)25-16-20-12-15-26(17-20)21-10-7-6-8-11-21;/h6-8,10-11,18-20H,9,12-17H2,1-5H3,(H2,23,24,25);1H. The lowest BCUT2D eigenvalue weighted by molar-refractivity contribution is 0.173.